The normalized spacial score (nSPS) is 14.1. The number of nitrogens with two attached hydrogens (primary N) is 2. The minimum atomic E-state index is -0.759. The van der Waals surface area contributed by atoms with Gasteiger partial charge in [0.2, 0.25) is 17.7 Å². The molecule has 3 heterocycles. The molecule has 6 aromatic rings. The number of fused-ring (bicyclic) bond motifs is 2. The first-order valence-corrected chi connectivity index (χ1v) is 22.6. The van der Waals surface area contributed by atoms with Gasteiger partial charge in [-0.2, -0.15) is 0 Å². The van der Waals surface area contributed by atoms with Crippen LogP contribution in [0.3, 0.4) is 0 Å². The highest BCUT2D eigenvalue weighted by molar-refractivity contribution is 5.85. The molecule has 342 valence electrons. The second kappa shape index (κ2) is 22.5. The number of nitrogens with zero attached hydrogens (tertiary/aromatic N) is 3. The van der Waals surface area contributed by atoms with Crippen molar-refractivity contribution in [3.05, 3.63) is 114 Å². The molecule has 0 saturated heterocycles. The fourth-order valence-corrected chi connectivity index (χ4v) is 8.41. The molecular formula is C49H67N11O4. The molecule has 15 nitrogen and oxygen atoms in total. The number of H-pyrrole nitrogens is 2. The van der Waals surface area contributed by atoms with Crippen molar-refractivity contribution in [3.63, 3.8) is 0 Å². The lowest BCUT2D eigenvalue weighted by molar-refractivity contribution is -0.126. The molecule has 3 aromatic carbocycles. The van der Waals surface area contributed by atoms with Crippen LogP contribution in [0.1, 0.15) is 107 Å². The summed E-state index contributed by atoms with van der Waals surface area (Å²) >= 11 is 0. The van der Waals surface area contributed by atoms with Crippen molar-refractivity contribution in [2.45, 2.75) is 116 Å². The van der Waals surface area contributed by atoms with Gasteiger partial charge in [-0.3, -0.25) is 19.7 Å². The van der Waals surface area contributed by atoms with Crippen LogP contribution in [0.4, 0.5) is 0 Å². The van der Waals surface area contributed by atoms with Crippen molar-refractivity contribution in [3.8, 4) is 5.75 Å². The van der Waals surface area contributed by atoms with Gasteiger partial charge in [-0.25, -0.2) is 0 Å². The molecule has 0 aliphatic carbocycles. The Bertz CT molecular complexity index is 2440. The molecule has 3 amide bonds. The van der Waals surface area contributed by atoms with Gasteiger partial charge in [-0.1, -0.05) is 82.6 Å². The van der Waals surface area contributed by atoms with Crippen LogP contribution in [0.2, 0.25) is 0 Å². The summed E-state index contributed by atoms with van der Waals surface area (Å²) in [7, 11) is 1.63. The van der Waals surface area contributed by atoms with Crippen molar-refractivity contribution in [2.24, 2.45) is 23.3 Å². The Morgan fingerprint density at radius 3 is 1.80 bits per heavy atom. The van der Waals surface area contributed by atoms with E-state index in [1.807, 2.05) is 77.6 Å². The molecule has 0 radical (unpaired) electrons. The summed E-state index contributed by atoms with van der Waals surface area (Å²) in [6, 6.07) is 21.1. The number of aromatic amines is 2. The van der Waals surface area contributed by atoms with E-state index in [0.29, 0.717) is 62.6 Å². The molecule has 15 heteroatoms. The Labute approximate surface area is 376 Å². The first-order chi connectivity index (χ1) is 30.8. The number of unbranched alkanes of at least 4 members (excludes halogenated alkanes) is 1. The first-order valence-electron chi connectivity index (χ1n) is 22.6. The smallest absolute Gasteiger partial charge is 0.237 e. The maximum absolute atomic E-state index is 14.9. The maximum atomic E-state index is 14.9. The number of carbonyl (C=O) groups excluding carboxylic acids is 3. The molecular weight excluding hydrogens is 807 g/mol. The number of para-hydroxylation sites is 2. The number of hydrogen-bond donors (Lipinski definition) is 8. The van der Waals surface area contributed by atoms with Gasteiger partial charge >= 0.3 is 0 Å². The Morgan fingerprint density at radius 1 is 0.734 bits per heavy atom. The predicted octanol–water partition coefficient (Wildman–Crippen LogP) is 6.07. The summed E-state index contributed by atoms with van der Waals surface area (Å²) in [6.07, 6.45) is 7.41. The van der Waals surface area contributed by atoms with Crippen LogP contribution in [0.25, 0.3) is 21.8 Å². The minimum Gasteiger partial charge on any atom is -0.497 e. The number of ether oxygens (including phenoxy) is 1. The third kappa shape index (κ3) is 12.6. The van der Waals surface area contributed by atoms with Crippen LogP contribution in [-0.4, -0.2) is 74.4 Å². The molecule has 6 rings (SSSR count). The maximum Gasteiger partial charge on any atom is 0.237 e. The zero-order valence-electron chi connectivity index (χ0n) is 38.1. The largest absolute Gasteiger partial charge is 0.497 e. The summed E-state index contributed by atoms with van der Waals surface area (Å²) in [5.41, 5.74) is 17.1. The van der Waals surface area contributed by atoms with Crippen LogP contribution in [-0.2, 0) is 33.8 Å². The standard InChI is InChI=1S/C49H67N11O4/c1-30(2)23-44(55-45(24-31(3)4)54-32(5)61)49(63)57-43(26-35-28-53-41-17-10-8-14-38(35)41)47-59-58-46(60(47)29-33-18-20-36(64-6)21-19-33)42(56-48(62)39(51)15-11-12-22-50)25-34-27-52-40-16-9-7-13-37(34)40/h7-10,13-14,16-21,27-28,30-31,39,42-45,52-53,55H,11-12,15,22-26,29,50-51H2,1-6H3,(H,54,61)(H,56,62)(H,57,63)/t39-,42+,43+,44-,45+/m0/s1. The van der Waals surface area contributed by atoms with Crippen LogP contribution < -0.4 is 37.5 Å². The molecule has 0 fully saturated rings. The lowest BCUT2D eigenvalue weighted by Gasteiger charge is -2.29. The highest BCUT2D eigenvalue weighted by atomic mass is 16.5. The Morgan fingerprint density at radius 2 is 1.28 bits per heavy atom. The van der Waals surface area contributed by atoms with E-state index >= 15 is 0 Å². The van der Waals surface area contributed by atoms with Gasteiger partial charge in [-0.15, -0.1) is 10.2 Å². The number of benzene rings is 3. The third-order valence-electron chi connectivity index (χ3n) is 11.6. The molecule has 5 atom stereocenters. The van der Waals surface area contributed by atoms with Crippen molar-refractivity contribution < 1.29 is 19.1 Å². The number of amides is 3. The highest BCUT2D eigenvalue weighted by Gasteiger charge is 2.33. The average Bonchev–Trinajstić information content (AvgIpc) is 4.00. The van der Waals surface area contributed by atoms with E-state index in [2.05, 4.69) is 71.1 Å². The van der Waals surface area contributed by atoms with Crippen LogP contribution in [0.5, 0.6) is 5.75 Å². The third-order valence-corrected chi connectivity index (χ3v) is 11.6. The topological polar surface area (TPSA) is 223 Å². The Kier molecular flexibility index (Phi) is 16.7. The van der Waals surface area contributed by atoms with E-state index < -0.39 is 30.3 Å². The van der Waals surface area contributed by atoms with Gasteiger partial charge in [0.15, 0.2) is 11.6 Å². The summed E-state index contributed by atoms with van der Waals surface area (Å²) in [6.45, 7) is 10.6. The number of hydrogen-bond acceptors (Lipinski definition) is 9. The van der Waals surface area contributed by atoms with Crippen molar-refractivity contribution in [1.29, 1.82) is 0 Å². The molecule has 0 aliphatic heterocycles. The van der Waals surface area contributed by atoms with E-state index in [0.717, 1.165) is 51.3 Å². The molecule has 10 N–H and O–H groups in total. The van der Waals surface area contributed by atoms with Crippen LogP contribution >= 0.6 is 0 Å². The van der Waals surface area contributed by atoms with E-state index in [-0.39, 0.29) is 29.6 Å². The lowest BCUT2D eigenvalue weighted by atomic mass is 9.99. The van der Waals surface area contributed by atoms with Gasteiger partial charge in [-0.05, 0) is 85.0 Å². The number of methoxy groups -OCH3 is 1. The van der Waals surface area contributed by atoms with Crippen LogP contribution in [0, 0.1) is 11.8 Å². The predicted molar refractivity (Wildman–Crippen MR) is 252 cm³/mol. The molecule has 0 aliphatic rings. The second-order valence-corrected chi connectivity index (χ2v) is 17.7. The zero-order valence-corrected chi connectivity index (χ0v) is 38.1. The number of nitrogens with one attached hydrogen (secondary N) is 6. The fraction of sp³-hybridized carbons (Fsp3) is 0.449. The number of carbonyl (C=O) groups is 3. The summed E-state index contributed by atoms with van der Waals surface area (Å²) < 4.78 is 7.52. The second-order valence-electron chi connectivity index (χ2n) is 17.7. The van der Waals surface area contributed by atoms with E-state index in [1.54, 1.807) is 7.11 Å². The summed E-state index contributed by atoms with van der Waals surface area (Å²) in [5.74, 6) is 1.44. The zero-order chi connectivity index (χ0) is 45.8. The van der Waals surface area contributed by atoms with Gasteiger partial charge in [0.1, 0.15) is 5.75 Å². The van der Waals surface area contributed by atoms with Crippen LogP contribution in [0.15, 0.2) is 85.2 Å². The quantitative estimate of drug-likeness (QED) is 0.0261. The van der Waals surface area contributed by atoms with Crippen molar-refractivity contribution >= 4 is 39.5 Å². The van der Waals surface area contributed by atoms with Gasteiger partial charge in [0.05, 0.1) is 44.0 Å². The fourth-order valence-electron chi connectivity index (χ4n) is 8.41. The molecule has 3 aromatic heterocycles. The van der Waals surface area contributed by atoms with Crippen molar-refractivity contribution in [2.75, 3.05) is 13.7 Å². The summed E-state index contributed by atoms with van der Waals surface area (Å²) in [4.78, 5) is 48.0. The monoisotopic (exact) mass is 874 g/mol. The SMILES string of the molecule is COc1ccc(Cn2c([C@@H](Cc3c[nH]c4ccccc34)NC(=O)[C@H](CC(C)C)N[C@H](CC(C)C)NC(C)=O)nnc2[C@@H](Cc2c[nH]c3ccccc23)NC(=O)[C@@H](N)CCCCN)cc1. The lowest BCUT2D eigenvalue weighted by Crippen LogP contribution is -2.55. The molecule has 0 unspecified atom stereocenters. The van der Waals surface area contributed by atoms with Crippen molar-refractivity contribution in [1.82, 2.24) is 46.0 Å². The van der Waals surface area contributed by atoms with Gasteiger partial charge < -0.3 is 46.7 Å². The number of rotatable bonds is 24. The number of aromatic nitrogens is 5. The van der Waals surface area contributed by atoms with E-state index in [1.165, 1.54) is 6.92 Å². The molecule has 0 bridgehead atoms. The Hall–Kier alpha value is -6.03. The highest BCUT2D eigenvalue weighted by Crippen LogP contribution is 2.30. The molecule has 0 spiro atoms. The minimum absolute atomic E-state index is 0.160. The van der Waals surface area contributed by atoms with Gasteiger partial charge in [0, 0.05) is 54.0 Å². The van der Waals surface area contributed by atoms with E-state index in [4.69, 9.17) is 26.4 Å². The van der Waals surface area contributed by atoms with E-state index in [9.17, 15) is 14.4 Å². The molecule has 0 saturated carbocycles. The average molecular weight is 874 g/mol. The van der Waals surface area contributed by atoms with Gasteiger partial charge in [0.25, 0.3) is 0 Å². The Balaban J connectivity index is 1.47. The molecule has 64 heavy (non-hydrogen) atoms. The first kappa shape index (κ1) is 47.4. The summed E-state index contributed by atoms with van der Waals surface area (Å²) in [5, 5.41) is 25.1.